The first-order valence-corrected chi connectivity index (χ1v) is 7.62. The van der Waals surface area contributed by atoms with Crippen molar-refractivity contribution in [2.24, 2.45) is 0 Å². The molecule has 0 bridgehead atoms. The van der Waals surface area contributed by atoms with Crippen LogP contribution in [0.3, 0.4) is 0 Å². The van der Waals surface area contributed by atoms with E-state index in [9.17, 15) is 13.5 Å². The van der Waals surface area contributed by atoms with Crippen molar-refractivity contribution in [3.63, 3.8) is 0 Å². The lowest BCUT2D eigenvalue weighted by molar-refractivity contribution is 0.278. The highest BCUT2D eigenvalue weighted by atomic mass is 79.9. The van der Waals surface area contributed by atoms with Crippen LogP contribution in [0.1, 0.15) is 5.56 Å². The molecule has 0 aromatic heterocycles. The van der Waals surface area contributed by atoms with Gasteiger partial charge < -0.3 is 9.29 Å². The summed E-state index contributed by atoms with van der Waals surface area (Å²) < 4.78 is 29.9. The average Bonchev–Trinajstić information content (AvgIpc) is 2.41. The predicted molar refractivity (Wildman–Crippen MR) is 74.3 cm³/mol. The maximum Gasteiger partial charge on any atom is 0.339 e. The summed E-state index contributed by atoms with van der Waals surface area (Å²) in [6, 6.07) is 12.6. The number of halogens is 1. The fourth-order valence-corrected chi connectivity index (χ4v) is 2.90. The largest absolute Gasteiger partial charge is 0.392 e. The van der Waals surface area contributed by atoms with Gasteiger partial charge in [0.25, 0.3) is 0 Å². The van der Waals surface area contributed by atoms with Gasteiger partial charge >= 0.3 is 10.1 Å². The predicted octanol–water partition coefficient (Wildman–Crippen LogP) is 2.71. The summed E-state index contributed by atoms with van der Waals surface area (Å²) >= 11 is 3.25. The van der Waals surface area contributed by atoms with Crippen molar-refractivity contribution in [3.8, 4) is 5.75 Å². The lowest BCUT2D eigenvalue weighted by Crippen LogP contribution is -2.10. The Labute approximate surface area is 119 Å². The van der Waals surface area contributed by atoms with Crippen molar-refractivity contribution < 1.29 is 17.7 Å². The quantitative estimate of drug-likeness (QED) is 0.867. The highest BCUT2D eigenvalue weighted by Crippen LogP contribution is 2.26. The molecule has 6 heteroatoms. The van der Waals surface area contributed by atoms with Crippen molar-refractivity contribution in [1.29, 1.82) is 0 Å². The van der Waals surface area contributed by atoms with E-state index in [0.717, 1.165) is 4.47 Å². The van der Waals surface area contributed by atoms with Gasteiger partial charge in [-0.25, -0.2) is 0 Å². The third kappa shape index (κ3) is 3.34. The van der Waals surface area contributed by atoms with E-state index in [-0.39, 0.29) is 17.3 Å². The van der Waals surface area contributed by atoms with Gasteiger partial charge in [-0.3, -0.25) is 0 Å². The fraction of sp³-hybridized carbons (Fsp3) is 0.0769. The minimum Gasteiger partial charge on any atom is -0.392 e. The molecule has 0 aliphatic carbocycles. The molecule has 0 spiro atoms. The van der Waals surface area contributed by atoms with Crippen LogP contribution < -0.4 is 4.18 Å². The molecule has 0 fully saturated rings. The zero-order chi connectivity index (χ0) is 13.9. The van der Waals surface area contributed by atoms with Crippen molar-refractivity contribution in [2.75, 3.05) is 0 Å². The molecule has 0 saturated heterocycles. The highest BCUT2D eigenvalue weighted by Gasteiger charge is 2.17. The number of hydrogen-bond acceptors (Lipinski definition) is 4. The van der Waals surface area contributed by atoms with E-state index in [1.165, 1.54) is 18.2 Å². The van der Waals surface area contributed by atoms with Crippen molar-refractivity contribution in [2.45, 2.75) is 11.5 Å². The Kier molecular flexibility index (Phi) is 4.24. The van der Waals surface area contributed by atoms with Crippen LogP contribution in [0.5, 0.6) is 5.75 Å². The SMILES string of the molecule is O=S(=O)(Oc1ccc(Br)cc1CO)c1ccccc1. The Morgan fingerprint density at radius 1 is 1.11 bits per heavy atom. The summed E-state index contributed by atoms with van der Waals surface area (Å²) in [5.74, 6) is 0.120. The molecule has 19 heavy (non-hydrogen) atoms. The number of rotatable bonds is 4. The second-order valence-corrected chi connectivity index (χ2v) is 6.22. The summed E-state index contributed by atoms with van der Waals surface area (Å²) in [6.07, 6.45) is 0. The summed E-state index contributed by atoms with van der Waals surface area (Å²) in [5.41, 5.74) is 0.397. The van der Waals surface area contributed by atoms with Crippen LogP contribution in [0.2, 0.25) is 0 Å². The fourth-order valence-electron chi connectivity index (χ4n) is 1.51. The third-order valence-corrected chi connectivity index (χ3v) is 4.17. The smallest absolute Gasteiger partial charge is 0.339 e. The molecule has 4 nitrogen and oxygen atoms in total. The Hall–Kier alpha value is -1.37. The van der Waals surface area contributed by atoms with Crippen LogP contribution in [-0.4, -0.2) is 13.5 Å². The first-order chi connectivity index (χ1) is 9.03. The van der Waals surface area contributed by atoms with Gasteiger partial charge in [0.2, 0.25) is 0 Å². The molecule has 100 valence electrons. The van der Waals surface area contributed by atoms with Gasteiger partial charge in [0.15, 0.2) is 0 Å². The number of benzene rings is 2. The summed E-state index contributed by atoms with van der Waals surface area (Å²) in [5, 5.41) is 9.21. The van der Waals surface area contributed by atoms with Crippen LogP contribution in [0.15, 0.2) is 57.9 Å². The zero-order valence-electron chi connectivity index (χ0n) is 9.78. The highest BCUT2D eigenvalue weighted by molar-refractivity contribution is 9.10. The van der Waals surface area contributed by atoms with Gasteiger partial charge in [0.05, 0.1) is 6.61 Å². The maximum atomic E-state index is 12.0. The third-order valence-electron chi connectivity index (χ3n) is 2.42. The first kappa shape index (κ1) is 14.0. The molecule has 0 aliphatic heterocycles. The average molecular weight is 343 g/mol. The number of hydrogen-bond donors (Lipinski definition) is 1. The Balaban J connectivity index is 2.36. The van der Waals surface area contributed by atoms with Crippen molar-refractivity contribution in [3.05, 3.63) is 58.6 Å². The van der Waals surface area contributed by atoms with Crippen molar-refractivity contribution >= 4 is 26.0 Å². The lowest BCUT2D eigenvalue weighted by atomic mass is 10.2. The molecule has 2 rings (SSSR count). The van der Waals surface area contributed by atoms with Crippen LogP contribution in [0, 0.1) is 0 Å². The van der Waals surface area contributed by atoms with Crippen LogP contribution in [-0.2, 0) is 16.7 Å². The van der Waals surface area contributed by atoms with E-state index in [1.54, 1.807) is 30.3 Å². The summed E-state index contributed by atoms with van der Waals surface area (Å²) in [7, 11) is -3.89. The molecule has 0 aliphatic rings. The second-order valence-electron chi connectivity index (χ2n) is 3.76. The Bertz CT molecular complexity index is 668. The maximum absolute atomic E-state index is 12.0. The first-order valence-electron chi connectivity index (χ1n) is 5.42. The van der Waals surface area contributed by atoms with Crippen LogP contribution in [0.25, 0.3) is 0 Å². The van der Waals surface area contributed by atoms with Gasteiger partial charge in [-0.15, -0.1) is 0 Å². The second kappa shape index (κ2) is 5.73. The van der Waals surface area contributed by atoms with Gasteiger partial charge in [-0.05, 0) is 30.3 Å². The van der Waals surface area contributed by atoms with E-state index in [4.69, 9.17) is 4.18 Å². The number of aliphatic hydroxyl groups is 1. The van der Waals surface area contributed by atoms with Crippen LogP contribution >= 0.6 is 15.9 Å². The van der Waals surface area contributed by atoms with E-state index in [2.05, 4.69) is 15.9 Å². The summed E-state index contributed by atoms with van der Waals surface area (Å²) in [6.45, 7) is -0.306. The number of aliphatic hydroxyl groups excluding tert-OH is 1. The standard InChI is InChI=1S/C13H11BrO4S/c14-11-6-7-13(10(8-11)9-15)18-19(16,17)12-4-2-1-3-5-12/h1-8,15H,9H2. The lowest BCUT2D eigenvalue weighted by Gasteiger charge is -2.10. The molecule has 0 heterocycles. The molecular formula is C13H11BrO4S. The molecule has 0 radical (unpaired) electrons. The van der Waals surface area contributed by atoms with Crippen molar-refractivity contribution in [1.82, 2.24) is 0 Å². The molecule has 0 saturated carbocycles. The van der Waals surface area contributed by atoms with Gasteiger partial charge in [-0.1, -0.05) is 34.1 Å². The molecule has 1 N–H and O–H groups in total. The van der Waals surface area contributed by atoms with Crippen LogP contribution in [0.4, 0.5) is 0 Å². The molecule has 2 aromatic rings. The van der Waals surface area contributed by atoms with E-state index in [0.29, 0.717) is 5.56 Å². The Morgan fingerprint density at radius 2 is 1.79 bits per heavy atom. The molecular weight excluding hydrogens is 332 g/mol. The van der Waals surface area contributed by atoms with E-state index >= 15 is 0 Å². The topological polar surface area (TPSA) is 63.6 Å². The minimum absolute atomic E-state index is 0.0711. The minimum atomic E-state index is -3.89. The Morgan fingerprint density at radius 3 is 2.42 bits per heavy atom. The normalized spacial score (nSPS) is 11.3. The molecule has 2 aromatic carbocycles. The van der Waals surface area contributed by atoms with Gasteiger partial charge in [-0.2, -0.15) is 8.42 Å². The van der Waals surface area contributed by atoms with Gasteiger partial charge in [0, 0.05) is 10.0 Å². The monoisotopic (exact) mass is 342 g/mol. The summed E-state index contributed by atoms with van der Waals surface area (Å²) in [4.78, 5) is 0.0711. The zero-order valence-corrected chi connectivity index (χ0v) is 12.2. The molecule has 0 unspecified atom stereocenters. The van der Waals surface area contributed by atoms with E-state index in [1.807, 2.05) is 0 Å². The van der Waals surface area contributed by atoms with Gasteiger partial charge in [0.1, 0.15) is 10.6 Å². The molecule has 0 atom stereocenters. The van der Waals surface area contributed by atoms with E-state index < -0.39 is 10.1 Å². The molecule has 0 amide bonds.